The summed E-state index contributed by atoms with van der Waals surface area (Å²) in [4.78, 5) is 34.2. The van der Waals surface area contributed by atoms with E-state index in [-0.39, 0.29) is 24.8 Å². The van der Waals surface area contributed by atoms with Gasteiger partial charge in [-0.25, -0.2) is 0 Å². The number of carboxylic acids is 1. The fraction of sp³-hybridized carbons (Fsp3) is 0.769. The molecule has 2 amide bonds. The number of carbonyl (C=O) groups excluding carboxylic acids is 2. The van der Waals surface area contributed by atoms with Crippen LogP contribution in [0.3, 0.4) is 0 Å². The average Bonchev–Trinajstić information content (AvgIpc) is 2.93. The lowest BCUT2D eigenvalue weighted by molar-refractivity contribution is -0.140. The van der Waals surface area contributed by atoms with Gasteiger partial charge in [0, 0.05) is 26.6 Å². The molecule has 114 valence electrons. The highest BCUT2D eigenvalue weighted by Crippen LogP contribution is 2.58. The predicted octanol–water partition coefficient (Wildman–Crippen LogP) is -0.388. The van der Waals surface area contributed by atoms with E-state index in [9.17, 15) is 14.4 Å². The fourth-order valence-corrected chi connectivity index (χ4v) is 2.38. The van der Waals surface area contributed by atoms with Gasteiger partial charge < -0.3 is 20.5 Å². The number of carbonyl (C=O) groups is 3. The summed E-state index contributed by atoms with van der Waals surface area (Å²) in [5.41, 5.74) is -0.517. The topological polar surface area (TPSA) is 105 Å². The van der Waals surface area contributed by atoms with Crippen LogP contribution in [0.4, 0.5) is 0 Å². The number of nitrogens with one attached hydrogen (secondary N) is 2. The Labute approximate surface area is 118 Å². The Morgan fingerprint density at radius 2 is 1.80 bits per heavy atom. The van der Waals surface area contributed by atoms with Crippen molar-refractivity contribution in [3.05, 3.63) is 0 Å². The first-order valence-electron chi connectivity index (χ1n) is 6.58. The van der Waals surface area contributed by atoms with Gasteiger partial charge in [0.05, 0.1) is 18.4 Å². The van der Waals surface area contributed by atoms with E-state index < -0.39 is 23.2 Å². The molecule has 20 heavy (non-hydrogen) atoms. The summed E-state index contributed by atoms with van der Waals surface area (Å²) in [5, 5.41) is 14.2. The van der Waals surface area contributed by atoms with Gasteiger partial charge in [-0.05, 0) is 5.41 Å². The largest absolute Gasteiger partial charge is 0.481 e. The molecule has 1 aliphatic rings. The molecule has 7 nitrogen and oxygen atoms in total. The number of carboxylic acid groups (broad SMARTS) is 1. The molecule has 1 aliphatic carbocycles. The number of rotatable bonds is 8. The Kier molecular flexibility index (Phi) is 5.50. The van der Waals surface area contributed by atoms with E-state index in [1.165, 1.54) is 0 Å². The smallest absolute Gasteiger partial charge is 0.307 e. The van der Waals surface area contributed by atoms with E-state index in [2.05, 4.69) is 10.6 Å². The highest BCUT2D eigenvalue weighted by atomic mass is 16.5. The maximum Gasteiger partial charge on any atom is 0.307 e. The predicted molar refractivity (Wildman–Crippen MR) is 70.9 cm³/mol. The van der Waals surface area contributed by atoms with Crippen molar-refractivity contribution >= 4 is 17.8 Å². The summed E-state index contributed by atoms with van der Waals surface area (Å²) in [5.74, 6) is -2.58. The molecule has 1 saturated carbocycles. The summed E-state index contributed by atoms with van der Waals surface area (Å²) in [6.07, 6.45) is 0.167. The van der Waals surface area contributed by atoms with Gasteiger partial charge in [-0.1, -0.05) is 13.8 Å². The van der Waals surface area contributed by atoms with Gasteiger partial charge in [0.1, 0.15) is 0 Å². The van der Waals surface area contributed by atoms with Crippen LogP contribution < -0.4 is 10.6 Å². The summed E-state index contributed by atoms with van der Waals surface area (Å²) < 4.78 is 4.79. The minimum absolute atomic E-state index is 0.167. The van der Waals surface area contributed by atoms with Crippen molar-refractivity contribution < 1.29 is 24.2 Å². The number of hydrogen-bond donors (Lipinski definition) is 3. The molecule has 0 unspecified atom stereocenters. The van der Waals surface area contributed by atoms with Crippen molar-refractivity contribution in [2.45, 2.75) is 20.3 Å². The van der Waals surface area contributed by atoms with Crippen molar-refractivity contribution in [1.29, 1.82) is 0 Å². The Morgan fingerprint density at radius 3 is 2.30 bits per heavy atom. The van der Waals surface area contributed by atoms with E-state index in [0.717, 1.165) is 0 Å². The second-order valence-corrected chi connectivity index (χ2v) is 5.50. The van der Waals surface area contributed by atoms with Crippen LogP contribution in [0.15, 0.2) is 0 Å². The first-order chi connectivity index (χ1) is 9.32. The van der Waals surface area contributed by atoms with Crippen molar-refractivity contribution in [1.82, 2.24) is 10.6 Å². The van der Waals surface area contributed by atoms with Gasteiger partial charge in [-0.15, -0.1) is 0 Å². The van der Waals surface area contributed by atoms with E-state index in [0.29, 0.717) is 13.2 Å². The zero-order valence-corrected chi connectivity index (χ0v) is 12.1. The molecule has 3 N–H and O–H groups in total. The van der Waals surface area contributed by atoms with E-state index in [1.807, 2.05) is 0 Å². The summed E-state index contributed by atoms with van der Waals surface area (Å²) in [6.45, 7) is 4.59. The first kappa shape index (κ1) is 16.4. The molecular weight excluding hydrogens is 264 g/mol. The van der Waals surface area contributed by atoms with Crippen LogP contribution in [-0.2, 0) is 19.1 Å². The minimum Gasteiger partial charge on any atom is -0.481 e. The summed E-state index contributed by atoms with van der Waals surface area (Å²) in [7, 11) is 1.54. The minimum atomic E-state index is -0.951. The summed E-state index contributed by atoms with van der Waals surface area (Å²) in [6, 6.07) is 0. The van der Waals surface area contributed by atoms with Crippen molar-refractivity contribution in [3.63, 3.8) is 0 Å². The molecule has 0 aliphatic heterocycles. The molecule has 2 atom stereocenters. The fourth-order valence-electron chi connectivity index (χ4n) is 2.38. The van der Waals surface area contributed by atoms with Gasteiger partial charge in [0.25, 0.3) is 0 Å². The molecule has 0 radical (unpaired) electrons. The van der Waals surface area contributed by atoms with Crippen LogP contribution >= 0.6 is 0 Å². The lowest BCUT2D eigenvalue weighted by atomic mass is 10.1. The average molecular weight is 286 g/mol. The third-order valence-electron chi connectivity index (χ3n) is 3.66. The SMILES string of the molecule is COCCNC(=O)CCNC(=O)[C@H]1[C@@H](C(=O)O)C1(C)C. The molecule has 0 saturated heterocycles. The monoisotopic (exact) mass is 286 g/mol. The highest BCUT2D eigenvalue weighted by Gasteiger charge is 2.65. The van der Waals surface area contributed by atoms with E-state index in [4.69, 9.17) is 9.84 Å². The maximum absolute atomic E-state index is 11.9. The van der Waals surface area contributed by atoms with Crippen LogP contribution in [0.2, 0.25) is 0 Å². The summed E-state index contributed by atoms with van der Waals surface area (Å²) >= 11 is 0. The number of methoxy groups -OCH3 is 1. The standard InChI is InChI=1S/C13H22N2O5/c1-13(2)9(10(13)12(18)19)11(17)15-5-4-8(16)14-6-7-20-3/h9-10H,4-7H2,1-3H3,(H,14,16)(H,15,17)(H,18,19)/t9-,10+/m1/s1. The second kappa shape index (κ2) is 6.69. The Hall–Kier alpha value is -1.63. The Balaban J connectivity index is 2.25. The second-order valence-electron chi connectivity index (χ2n) is 5.50. The molecule has 7 heteroatoms. The van der Waals surface area contributed by atoms with Crippen LogP contribution in [-0.4, -0.2) is 49.7 Å². The van der Waals surface area contributed by atoms with Crippen LogP contribution in [0, 0.1) is 17.3 Å². The number of ether oxygens (including phenoxy) is 1. The van der Waals surface area contributed by atoms with Crippen molar-refractivity contribution in [2.24, 2.45) is 17.3 Å². The van der Waals surface area contributed by atoms with Gasteiger partial charge in [0.2, 0.25) is 11.8 Å². The highest BCUT2D eigenvalue weighted by molar-refractivity contribution is 5.91. The van der Waals surface area contributed by atoms with Gasteiger partial charge in [-0.3, -0.25) is 14.4 Å². The van der Waals surface area contributed by atoms with Crippen molar-refractivity contribution in [2.75, 3.05) is 26.8 Å². The third kappa shape index (κ3) is 3.93. The first-order valence-corrected chi connectivity index (χ1v) is 6.58. The molecule has 0 heterocycles. The number of aliphatic carboxylic acids is 1. The zero-order valence-electron chi connectivity index (χ0n) is 12.1. The van der Waals surface area contributed by atoms with Crippen LogP contribution in [0.5, 0.6) is 0 Å². The molecule has 0 spiro atoms. The quantitative estimate of drug-likeness (QED) is 0.527. The molecule has 0 aromatic heterocycles. The Morgan fingerprint density at radius 1 is 1.15 bits per heavy atom. The molecule has 0 bridgehead atoms. The van der Waals surface area contributed by atoms with Crippen molar-refractivity contribution in [3.8, 4) is 0 Å². The molecule has 0 aromatic rings. The lowest BCUT2D eigenvalue weighted by Crippen LogP contribution is -2.33. The van der Waals surface area contributed by atoms with E-state index in [1.54, 1.807) is 21.0 Å². The van der Waals surface area contributed by atoms with Gasteiger partial charge >= 0.3 is 5.97 Å². The molecule has 1 rings (SSSR count). The number of hydrogen-bond acceptors (Lipinski definition) is 4. The van der Waals surface area contributed by atoms with Gasteiger partial charge in [-0.2, -0.15) is 0 Å². The van der Waals surface area contributed by atoms with Crippen LogP contribution in [0.1, 0.15) is 20.3 Å². The van der Waals surface area contributed by atoms with Crippen LogP contribution in [0.25, 0.3) is 0 Å². The molecule has 1 fully saturated rings. The normalized spacial score (nSPS) is 22.9. The maximum atomic E-state index is 11.9. The van der Waals surface area contributed by atoms with Gasteiger partial charge in [0.15, 0.2) is 0 Å². The molecular formula is C13H22N2O5. The number of amides is 2. The zero-order chi connectivity index (χ0) is 15.3. The van der Waals surface area contributed by atoms with E-state index >= 15 is 0 Å². The molecule has 0 aromatic carbocycles. The Bertz CT molecular complexity index is 394. The lowest BCUT2D eigenvalue weighted by Gasteiger charge is -2.07. The third-order valence-corrected chi connectivity index (χ3v) is 3.66.